The van der Waals surface area contributed by atoms with Crippen LogP contribution in [-0.4, -0.2) is 58.3 Å². The topological polar surface area (TPSA) is 80.9 Å². The van der Waals surface area contributed by atoms with Crippen molar-refractivity contribution in [3.05, 3.63) is 0 Å². The molecule has 0 spiro atoms. The van der Waals surface area contributed by atoms with Gasteiger partial charge in [0.2, 0.25) is 0 Å². The van der Waals surface area contributed by atoms with Crippen molar-refractivity contribution in [3.8, 4) is 0 Å². The summed E-state index contributed by atoms with van der Waals surface area (Å²) in [6, 6.07) is 0. The summed E-state index contributed by atoms with van der Waals surface area (Å²) in [4.78, 5) is 0. The van der Waals surface area contributed by atoms with Crippen LogP contribution in [0.4, 0.5) is 0 Å². The lowest BCUT2D eigenvalue weighted by Gasteiger charge is -2.40. The predicted molar refractivity (Wildman–Crippen MR) is 90.5 cm³/mol. The molecule has 0 saturated heterocycles. The van der Waals surface area contributed by atoms with Crippen LogP contribution in [0.5, 0.6) is 0 Å². The molecule has 124 valence electrons. The largest absolute Gasteiger partial charge is 0.387 e. The SMILES string of the molecule is CC(C)(O)C(C)(C)O.CCC(C)C(C)(O)C(C)(C)O.[B][B]. The van der Waals surface area contributed by atoms with E-state index in [1.54, 1.807) is 48.5 Å². The lowest BCUT2D eigenvalue weighted by atomic mass is 9.77. The van der Waals surface area contributed by atoms with Gasteiger partial charge in [-0.2, -0.15) is 0 Å². The second-order valence-corrected chi connectivity index (χ2v) is 7.13. The van der Waals surface area contributed by atoms with E-state index in [1.807, 2.05) is 13.8 Å². The zero-order valence-electron chi connectivity index (χ0n) is 15.2. The van der Waals surface area contributed by atoms with Crippen molar-refractivity contribution in [2.75, 3.05) is 0 Å². The number of rotatable bonds is 4. The Labute approximate surface area is 133 Å². The van der Waals surface area contributed by atoms with Crippen molar-refractivity contribution in [1.82, 2.24) is 0 Å². The van der Waals surface area contributed by atoms with E-state index in [1.165, 1.54) is 0 Å². The first-order chi connectivity index (χ1) is 8.98. The number of hydrogen-bond acceptors (Lipinski definition) is 4. The molecule has 0 fully saturated rings. The van der Waals surface area contributed by atoms with Gasteiger partial charge < -0.3 is 20.4 Å². The minimum absolute atomic E-state index is 0.113. The Bertz CT molecular complexity index is 248. The molecule has 0 heterocycles. The van der Waals surface area contributed by atoms with Gasteiger partial charge >= 0.3 is 0 Å². The van der Waals surface area contributed by atoms with Crippen LogP contribution in [0.15, 0.2) is 0 Å². The molecule has 2 unspecified atom stereocenters. The molecule has 0 aromatic carbocycles. The summed E-state index contributed by atoms with van der Waals surface area (Å²) in [5.74, 6) is 0.113. The average Bonchev–Trinajstić information content (AvgIpc) is 2.27. The Morgan fingerprint density at radius 3 is 1.00 bits per heavy atom. The zero-order valence-corrected chi connectivity index (χ0v) is 15.2. The molecule has 6 heteroatoms. The first-order valence-corrected chi connectivity index (χ1v) is 7.21. The molecule has 4 radical (unpaired) electrons. The van der Waals surface area contributed by atoms with Crippen LogP contribution in [0.25, 0.3) is 0 Å². The van der Waals surface area contributed by atoms with E-state index in [4.69, 9.17) is 10.2 Å². The van der Waals surface area contributed by atoms with Gasteiger partial charge in [-0.1, -0.05) is 20.3 Å². The molecule has 0 aliphatic rings. The molecule has 0 aliphatic carbocycles. The van der Waals surface area contributed by atoms with Gasteiger partial charge in [0, 0.05) is 15.5 Å². The highest BCUT2D eigenvalue weighted by molar-refractivity contribution is 6.75. The summed E-state index contributed by atoms with van der Waals surface area (Å²) >= 11 is 0. The van der Waals surface area contributed by atoms with E-state index in [2.05, 4.69) is 15.5 Å². The molecule has 4 nitrogen and oxygen atoms in total. The highest BCUT2D eigenvalue weighted by Crippen LogP contribution is 2.30. The molecule has 4 N–H and O–H groups in total. The third kappa shape index (κ3) is 9.56. The van der Waals surface area contributed by atoms with E-state index in [-0.39, 0.29) is 5.92 Å². The quantitative estimate of drug-likeness (QED) is 0.590. The molecule has 21 heavy (non-hydrogen) atoms. The second kappa shape index (κ2) is 9.19. The van der Waals surface area contributed by atoms with Gasteiger partial charge in [-0.3, -0.25) is 0 Å². The molecule has 0 saturated carbocycles. The van der Waals surface area contributed by atoms with Crippen molar-refractivity contribution >= 4 is 15.5 Å². The fourth-order valence-electron chi connectivity index (χ4n) is 1.00. The van der Waals surface area contributed by atoms with Crippen LogP contribution in [-0.2, 0) is 0 Å². The van der Waals surface area contributed by atoms with Crippen molar-refractivity contribution in [3.63, 3.8) is 0 Å². The van der Waals surface area contributed by atoms with Gasteiger partial charge in [0.25, 0.3) is 0 Å². The number of hydrogen-bond donors (Lipinski definition) is 4. The Balaban J connectivity index is -0.000000286. The van der Waals surface area contributed by atoms with Crippen molar-refractivity contribution < 1.29 is 20.4 Å². The summed E-state index contributed by atoms with van der Waals surface area (Å²) < 4.78 is 0. The molecular weight excluding hydrogens is 266 g/mol. The second-order valence-electron chi connectivity index (χ2n) is 7.13. The van der Waals surface area contributed by atoms with Gasteiger partial charge in [0.1, 0.15) is 0 Å². The molecular formula is C15H34B2O4. The normalized spacial score (nSPS) is 16.6. The van der Waals surface area contributed by atoms with Crippen LogP contribution in [0.2, 0.25) is 0 Å². The minimum atomic E-state index is -1.03. The van der Waals surface area contributed by atoms with E-state index >= 15 is 0 Å². The zero-order chi connectivity index (χ0) is 18.3. The fraction of sp³-hybridized carbons (Fsp3) is 1.00. The maximum Gasteiger partial charge on any atom is 0.0925 e. The van der Waals surface area contributed by atoms with Gasteiger partial charge in [-0.05, 0) is 54.4 Å². The third-order valence-corrected chi connectivity index (χ3v) is 4.31. The maximum atomic E-state index is 9.87. The molecule has 0 aromatic heterocycles. The standard InChI is InChI=1S/C9H20O2.C6H14O2.B2/c1-6-7(2)9(5,11)8(3,4)10;1-5(2,7)6(3,4)8;1-2/h7,10-11H,6H2,1-5H3;7-8H,1-4H3;. The van der Waals surface area contributed by atoms with Gasteiger partial charge in [0.15, 0.2) is 0 Å². The van der Waals surface area contributed by atoms with Crippen LogP contribution < -0.4 is 0 Å². The first-order valence-electron chi connectivity index (χ1n) is 7.21. The molecule has 0 amide bonds. The Hall–Kier alpha value is -0.0301. The lowest BCUT2D eigenvalue weighted by Crippen LogP contribution is -2.52. The summed E-state index contributed by atoms with van der Waals surface area (Å²) in [5, 5.41) is 37.7. The Morgan fingerprint density at radius 1 is 0.714 bits per heavy atom. The summed E-state index contributed by atoms with van der Waals surface area (Å²) in [5.41, 5.74) is -4.04. The van der Waals surface area contributed by atoms with E-state index < -0.39 is 22.4 Å². The van der Waals surface area contributed by atoms with Crippen molar-refractivity contribution in [2.24, 2.45) is 5.92 Å². The maximum absolute atomic E-state index is 9.87. The van der Waals surface area contributed by atoms with Gasteiger partial charge in [0.05, 0.1) is 22.4 Å². The van der Waals surface area contributed by atoms with Gasteiger partial charge in [-0.15, -0.1) is 0 Å². The lowest BCUT2D eigenvalue weighted by molar-refractivity contribution is -0.148. The fourth-order valence-corrected chi connectivity index (χ4v) is 1.00. The molecule has 0 aliphatic heterocycles. The van der Waals surface area contributed by atoms with Crippen LogP contribution >= 0.6 is 0 Å². The highest BCUT2D eigenvalue weighted by Gasteiger charge is 2.41. The first kappa shape index (κ1) is 25.9. The summed E-state index contributed by atoms with van der Waals surface area (Å²) in [7, 11) is 8.00. The van der Waals surface area contributed by atoms with Crippen LogP contribution in [0.3, 0.4) is 0 Å². The highest BCUT2D eigenvalue weighted by atomic mass is 16.4. The molecule has 0 rings (SSSR count). The van der Waals surface area contributed by atoms with Crippen molar-refractivity contribution in [2.45, 2.75) is 91.1 Å². The third-order valence-electron chi connectivity index (χ3n) is 4.31. The summed E-state index contributed by atoms with van der Waals surface area (Å²) in [6.07, 6.45) is 0.872. The minimum Gasteiger partial charge on any atom is -0.387 e. The molecule has 0 aromatic rings. The molecule has 0 bridgehead atoms. The van der Waals surface area contributed by atoms with Crippen LogP contribution in [0, 0.1) is 5.92 Å². The Morgan fingerprint density at radius 2 is 0.952 bits per heavy atom. The monoisotopic (exact) mass is 300 g/mol. The van der Waals surface area contributed by atoms with E-state index in [9.17, 15) is 10.2 Å². The number of aliphatic hydroxyl groups is 4. The average molecular weight is 300 g/mol. The van der Waals surface area contributed by atoms with Crippen LogP contribution in [0.1, 0.15) is 68.7 Å². The molecule has 2 atom stereocenters. The van der Waals surface area contributed by atoms with E-state index in [0.29, 0.717) is 0 Å². The summed E-state index contributed by atoms with van der Waals surface area (Å²) in [6.45, 7) is 15.2. The smallest absolute Gasteiger partial charge is 0.0925 e. The van der Waals surface area contributed by atoms with Gasteiger partial charge in [-0.25, -0.2) is 0 Å². The van der Waals surface area contributed by atoms with E-state index in [0.717, 1.165) is 6.42 Å². The predicted octanol–water partition coefficient (Wildman–Crippen LogP) is 1.32. The Kier molecular flexibility index (Phi) is 11.3. The van der Waals surface area contributed by atoms with Crippen molar-refractivity contribution in [1.29, 1.82) is 0 Å².